The summed E-state index contributed by atoms with van der Waals surface area (Å²) in [6, 6.07) is 9.88. The Labute approximate surface area is 248 Å². The number of nitrogens with one attached hydrogen (secondary N) is 2. The second-order valence-electron chi connectivity index (χ2n) is 12.1. The molecular weight excluding hydrogens is 544 g/mol. The van der Waals surface area contributed by atoms with Crippen molar-refractivity contribution < 1.29 is 19.1 Å². The number of carbonyl (C=O) groups is 3. The predicted molar refractivity (Wildman–Crippen MR) is 165 cm³/mol. The van der Waals surface area contributed by atoms with Crippen LogP contribution in [0, 0.1) is 5.92 Å². The maximum atomic E-state index is 13.8. The fourth-order valence-electron chi connectivity index (χ4n) is 5.55. The summed E-state index contributed by atoms with van der Waals surface area (Å²) in [7, 11) is 0. The van der Waals surface area contributed by atoms with Crippen LogP contribution in [0.1, 0.15) is 65.7 Å². The van der Waals surface area contributed by atoms with Crippen molar-refractivity contribution in [2.45, 2.75) is 88.8 Å². The van der Waals surface area contributed by atoms with E-state index >= 15 is 0 Å². The van der Waals surface area contributed by atoms with E-state index in [1.165, 1.54) is 48.8 Å². The molecule has 1 unspecified atom stereocenters. The number of hydrogen-bond donors (Lipinski definition) is 2. The Kier molecular flexibility index (Phi) is 11.4. The number of carbonyl (C=O) groups excluding carboxylic acids is 3. The number of nitrogens with zero attached hydrogens (tertiary/aromatic N) is 2. The number of likely N-dealkylation sites (tertiary alicyclic amines) is 1. The van der Waals surface area contributed by atoms with Crippen LogP contribution in [-0.4, -0.2) is 87.7 Å². The normalized spacial score (nSPS) is 21.6. The van der Waals surface area contributed by atoms with Crippen molar-refractivity contribution in [2.24, 2.45) is 5.92 Å². The van der Waals surface area contributed by atoms with Gasteiger partial charge in [0, 0.05) is 42.9 Å². The van der Waals surface area contributed by atoms with Crippen LogP contribution in [0.4, 0.5) is 10.5 Å². The second kappa shape index (κ2) is 14.7. The second-order valence-corrected chi connectivity index (χ2v) is 14.4. The lowest BCUT2D eigenvalue weighted by Gasteiger charge is -2.35. The molecule has 1 saturated carbocycles. The van der Waals surface area contributed by atoms with Gasteiger partial charge in [0.2, 0.25) is 5.91 Å². The first kappa shape index (κ1) is 30.9. The lowest BCUT2D eigenvalue weighted by Crippen LogP contribution is -2.56. The fourth-order valence-corrected chi connectivity index (χ4v) is 7.93. The first-order valence-corrected chi connectivity index (χ1v) is 17.0. The number of ether oxygens (including phenoxy) is 1. The van der Waals surface area contributed by atoms with Crippen LogP contribution in [0.3, 0.4) is 0 Å². The third-order valence-corrected chi connectivity index (χ3v) is 10.2. The largest absolute Gasteiger partial charge is 0.444 e. The molecule has 4 rings (SSSR count). The molecule has 1 aromatic rings. The van der Waals surface area contributed by atoms with E-state index in [2.05, 4.69) is 22.8 Å². The lowest BCUT2D eigenvalue weighted by molar-refractivity contribution is -0.137. The molecule has 0 bridgehead atoms. The van der Waals surface area contributed by atoms with E-state index in [1.54, 1.807) is 11.8 Å². The summed E-state index contributed by atoms with van der Waals surface area (Å²) >= 11 is 3.20. The Hall–Kier alpha value is -2.07. The van der Waals surface area contributed by atoms with E-state index in [-0.39, 0.29) is 11.8 Å². The maximum Gasteiger partial charge on any atom is 0.411 e. The van der Waals surface area contributed by atoms with Gasteiger partial charge in [0.05, 0.1) is 0 Å². The van der Waals surface area contributed by atoms with Crippen LogP contribution >= 0.6 is 23.5 Å². The molecule has 0 spiro atoms. The summed E-state index contributed by atoms with van der Waals surface area (Å²) in [6.45, 7) is 7.23. The summed E-state index contributed by atoms with van der Waals surface area (Å²) in [6.07, 6.45) is 7.64. The molecule has 1 aromatic carbocycles. The minimum atomic E-state index is -0.686. The Morgan fingerprint density at radius 3 is 2.40 bits per heavy atom. The summed E-state index contributed by atoms with van der Waals surface area (Å²) in [4.78, 5) is 43.4. The zero-order valence-corrected chi connectivity index (χ0v) is 25.9. The van der Waals surface area contributed by atoms with Gasteiger partial charge in [-0.3, -0.25) is 14.5 Å². The highest BCUT2D eigenvalue weighted by atomic mass is 32.2. The quantitative estimate of drug-likeness (QED) is 0.409. The Balaban J connectivity index is 1.36. The number of anilines is 1. The summed E-state index contributed by atoms with van der Waals surface area (Å²) in [5.41, 5.74) is 0.460. The molecule has 2 saturated heterocycles. The van der Waals surface area contributed by atoms with Crippen molar-refractivity contribution in [1.29, 1.82) is 0 Å². The minimum Gasteiger partial charge on any atom is -0.444 e. The van der Waals surface area contributed by atoms with Gasteiger partial charge < -0.3 is 20.3 Å². The Morgan fingerprint density at radius 1 is 1.02 bits per heavy atom. The summed E-state index contributed by atoms with van der Waals surface area (Å²) in [5, 5.41) is 5.95. The van der Waals surface area contributed by atoms with Gasteiger partial charge >= 0.3 is 6.09 Å². The lowest BCUT2D eigenvalue weighted by atomic mass is 9.91. The third-order valence-electron chi connectivity index (χ3n) is 7.67. The van der Waals surface area contributed by atoms with Gasteiger partial charge in [0.25, 0.3) is 5.91 Å². The molecular formula is C30H46N4O4S2. The minimum absolute atomic E-state index is 0.0190. The molecule has 2 heterocycles. The molecule has 3 fully saturated rings. The van der Waals surface area contributed by atoms with E-state index in [1.807, 2.05) is 43.9 Å². The Bertz CT molecular complexity index is 976. The number of rotatable bonds is 9. The van der Waals surface area contributed by atoms with Gasteiger partial charge in [-0.2, -0.15) is 11.8 Å². The zero-order valence-electron chi connectivity index (χ0n) is 24.2. The molecule has 0 aromatic heterocycles. The van der Waals surface area contributed by atoms with Gasteiger partial charge in [0.1, 0.15) is 11.6 Å². The smallest absolute Gasteiger partial charge is 0.411 e. The van der Waals surface area contributed by atoms with Crippen molar-refractivity contribution >= 4 is 47.1 Å². The highest BCUT2D eigenvalue weighted by Gasteiger charge is 2.39. The molecule has 2 aliphatic heterocycles. The summed E-state index contributed by atoms with van der Waals surface area (Å²) < 4.78 is 5.54. The number of hydrogen-bond acceptors (Lipinski definition) is 7. The molecule has 1 aliphatic carbocycles. The van der Waals surface area contributed by atoms with E-state index in [0.717, 1.165) is 24.3 Å². The molecule has 2 N–H and O–H groups in total. The molecule has 0 radical (unpaired) electrons. The van der Waals surface area contributed by atoms with E-state index in [4.69, 9.17) is 4.74 Å². The van der Waals surface area contributed by atoms with Crippen molar-refractivity contribution in [3.05, 3.63) is 30.3 Å². The van der Waals surface area contributed by atoms with Crippen molar-refractivity contribution in [2.75, 3.05) is 42.2 Å². The number of thioether (sulfide) groups is 2. The maximum absolute atomic E-state index is 13.8. The predicted octanol–water partition coefficient (Wildman–Crippen LogP) is 5.20. The van der Waals surface area contributed by atoms with Gasteiger partial charge in [0.15, 0.2) is 5.37 Å². The number of amides is 3. The van der Waals surface area contributed by atoms with Crippen LogP contribution in [0.5, 0.6) is 0 Å². The van der Waals surface area contributed by atoms with Crippen molar-refractivity contribution in [3.63, 3.8) is 0 Å². The monoisotopic (exact) mass is 590 g/mol. The van der Waals surface area contributed by atoms with Crippen LogP contribution in [0.2, 0.25) is 0 Å². The number of benzene rings is 1. The third kappa shape index (κ3) is 9.23. The van der Waals surface area contributed by atoms with Crippen molar-refractivity contribution in [3.8, 4) is 0 Å². The molecule has 8 nitrogen and oxygen atoms in total. The molecule has 10 heteroatoms. The Morgan fingerprint density at radius 2 is 1.73 bits per heavy atom. The molecule has 40 heavy (non-hydrogen) atoms. The first-order valence-electron chi connectivity index (χ1n) is 14.8. The topological polar surface area (TPSA) is 91.0 Å². The van der Waals surface area contributed by atoms with Crippen LogP contribution in [0.25, 0.3) is 0 Å². The molecule has 3 amide bonds. The first-order chi connectivity index (χ1) is 19.2. The standard InChI is InChI=1S/C30H46N4O4S2/c1-30(2,3)38-29(37)34-18-19-40-28(34)26(35)32-25(21-39-20-22-10-6-4-7-11-22)27(36)33-16-14-24(15-17-33)31-23-12-8-5-9-13-23/h5,8-9,12-13,22,24-25,28,31H,4,6-7,10-11,14-21H2,1-3H3,(H,32,35)/t25-,28?/m0/s1. The SMILES string of the molecule is CC(C)(C)OC(=O)N1CCSC1C(=O)N[C@@H](CSCC1CCCCC1)C(=O)N1CCC(Nc2ccccc2)CC1. The van der Waals surface area contributed by atoms with E-state index in [0.29, 0.717) is 43.1 Å². The highest BCUT2D eigenvalue weighted by Crippen LogP contribution is 2.29. The zero-order chi connectivity index (χ0) is 28.5. The fraction of sp³-hybridized carbons (Fsp3) is 0.700. The highest BCUT2D eigenvalue weighted by molar-refractivity contribution is 8.00. The average molecular weight is 591 g/mol. The van der Waals surface area contributed by atoms with Gasteiger partial charge in [-0.15, -0.1) is 11.8 Å². The van der Waals surface area contributed by atoms with E-state index < -0.39 is 23.1 Å². The van der Waals surface area contributed by atoms with Gasteiger partial charge in [-0.05, 0) is 70.3 Å². The van der Waals surface area contributed by atoms with Crippen molar-refractivity contribution in [1.82, 2.24) is 15.1 Å². The number of para-hydroxylation sites is 1. The molecule has 222 valence electrons. The average Bonchev–Trinajstić information content (AvgIpc) is 3.44. The van der Waals surface area contributed by atoms with Gasteiger partial charge in [-0.1, -0.05) is 37.5 Å². The van der Waals surface area contributed by atoms with Gasteiger partial charge in [-0.25, -0.2) is 4.79 Å². The molecule has 3 aliphatic rings. The molecule has 2 atom stereocenters. The number of piperidine rings is 1. The van der Waals surface area contributed by atoms with Crippen LogP contribution < -0.4 is 10.6 Å². The van der Waals surface area contributed by atoms with Crippen LogP contribution in [-0.2, 0) is 14.3 Å². The van der Waals surface area contributed by atoms with Crippen LogP contribution in [0.15, 0.2) is 30.3 Å². The summed E-state index contributed by atoms with van der Waals surface area (Å²) in [5.74, 6) is 2.62. The van der Waals surface area contributed by atoms with E-state index in [9.17, 15) is 14.4 Å².